The molecule has 1 aromatic heterocycles. The van der Waals surface area contributed by atoms with E-state index in [2.05, 4.69) is 20.1 Å². The van der Waals surface area contributed by atoms with Crippen LogP contribution in [-0.2, 0) is 30.7 Å². The van der Waals surface area contributed by atoms with Crippen molar-refractivity contribution in [2.75, 3.05) is 0 Å². The minimum absolute atomic E-state index is 0.135. The molecular weight excluding hydrogens is 268 g/mol. The lowest BCUT2D eigenvalue weighted by atomic mass is 10.1. The number of phenolic OH excluding ortho intramolecular Hbond substituents is 1. The molecule has 0 aliphatic carbocycles. The van der Waals surface area contributed by atoms with Crippen molar-refractivity contribution in [3.63, 3.8) is 0 Å². The maximum Gasteiger partial charge on any atom is 0.224 e. The average Bonchev–Trinajstić information content (AvgIpc) is 2.91. The van der Waals surface area contributed by atoms with Crippen molar-refractivity contribution in [2.45, 2.75) is 38.8 Å². The minimum atomic E-state index is -0.135. The fraction of sp³-hybridized carbons (Fsp3) is 0.400. The smallest absolute Gasteiger partial charge is 0.224 e. The number of nitrogens with zero attached hydrogens (tertiary/aromatic N) is 3. The number of rotatable bonds is 4. The van der Waals surface area contributed by atoms with Crippen LogP contribution in [-0.4, -0.2) is 25.8 Å². The molecule has 110 valence electrons. The fourth-order valence-corrected chi connectivity index (χ4v) is 2.57. The largest absolute Gasteiger partial charge is 0.508 e. The van der Waals surface area contributed by atoms with Gasteiger partial charge in [-0.2, -0.15) is 0 Å². The summed E-state index contributed by atoms with van der Waals surface area (Å²) in [6, 6.07) is 6.86. The third kappa shape index (κ3) is 3.04. The van der Waals surface area contributed by atoms with Crippen molar-refractivity contribution < 1.29 is 9.90 Å². The van der Waals surface area contributed by atoms with Crippen LogP contribution in [0.3, 0.4) is 0 Å². The van der Waals surface area contributed by atoms with Gasteiger partial charge >= 0.3 is 0 Å². The van der Waals surface area contributed by atoms with Crippen LogP contribution in [0.2, 0.25) is 0 Å². The Labute approximate surface area is 122 Å². The monoisotopic (exact) mass is 286 g/mol. The molecule has 1 amide bonds. The van der Waals surface area contributed by atoms with Gasteiger partial charge in [0.15, 0.2) is 5.82 Å². The topological polar surface area (TPSA) is 80.0 Å². The second-order valence-corrected chi connectivity index (χ2v) is 5.22. The molecule has 6 heteroatoms. The predicted octanol–water partition coefficient (Wildman–Crippen LogP) is 1.18. The highest BCUT2D eigenvalue weighted by atomic mass is 16.3. The van der Waals surface area contributed by atoms with Gasteiger partial charge in [-0.25, -0.2) is 0 Å². The molecule has 2 aromatic rings. The number of aromatic hydroxyl groups is 1. The Morgan fingerprint density at radius 2 is 2.14 bits per heavy atom. The molecule has 1 aliphatic rings. The highest BCUT2D eigenvalue weighted by Gasteiger charge is 2.16. The van der Waals surface area contributed by atoms with Crippen molar-refractivity contribution in [2.24, 2.45) is 0 Å². The van der Waals surface area contributed by atoms with Gasteiger partial charge in [-0.3, -0.25) is 4.79 Å². The van der Waals surface area contributed by atoms with E-state index in [-0.39, 0.29) is 18.1 Å². The number of hydrogen-bond acceptors (Lipinski definition) is 4. The first kappa shape index (κ1) is 13.6. The number of benzene rings is 1. The summed E-state index contributed by atoms with van der Waals surface area (Å²) in [4.78, 5) is 11.9. The van der Waals surface area contributed by atoms with Crippen LogP contribution in [0.15, 0.2) is 24.3 Å². The van der Waals surface area contributed by atoms with Crippen LogP contribution in [0.25, 0.3) is 0 Å². The van der Waals surface area contributed by atoms with Crippen LogP contribution in [0.5, 0.6) is 5.75 Å². The highest BCUT2D eigenvalue weighted by Crippen LogP contribution is 2.16. The van der Waals surface area contributed by atoms with Gasteiger partial charge in [0.25, 0.3) is 0 Å². The van der Waals surface area contributed by atoms with Gasteiger partial charge in [-0.1, -0.05) is 18.2 Å². The van der Waals surface area contributed by atoms with Crippen molar-refractivity contribution in [1.29, 1.82) is 0 Å². The van der Waals surface area contributed by atoms with Gasteiger partial charge in [-0.05, 0) is 18.9 Å². The number of hydrogen-bond donors (Lipinski definition) is 2. The number of para-hydroxylation sites is 1. The molecule has 2 N–H and O–H groups in total. The first-order chi connectivity index (χ1) is 10.2. The second-order valence-electron chi connectivity index (χ2n) is 5.22. The third-order valence-electron chi connectivity index (χ3n) is 3.72. The SMILES string of the molecule is O=C(Cc1ccccc1O)NCc1nnc2n1CCCC2. The third-order valence-corrected chi connectivity index (χ3v) is 3.72. The van der Waals surface area contributed by atoms with Crippen LogP contribution >= 0.6 is 0 Å². The maximum atomic E-state index is 11.9. The molecule has 0 bridgehead atoms. The number of aryl methyl sites for hydroxylation is 1. The van der Waals surface area contributed by atoms with E-state index in [1.54, 1.807) is 24.3 Å². The normalized spacial score (nSPS) is 13.7. The fourth-order valence-electron chi connectivity index (χ4n) is 2.57. The van der Waals surface area contributed by atoms with Crippen molar-refractivity contribution in [3.8, 4) is 5.75 Å². The average molecular weight is 286 g/mol. The van der Waals surface area contributed by atoms with Gasteiger partial charge in [0.1, 0.15) is 11.6 Å². The zero-order chi connectivity index (χ0) is 14.7. The number of carbonyl (C=O) groups is 1. The first-order valence-electron chi connectivity index (χ1n) is 7.18. The van der Waals surface area contributed by atoms with E-state index in [1.165, 1.54) is 0 Å². The molecule has 0 fully saturated rings. The zero-order valence-electron chi connectivity index (χ0n) is 11.7. The number of phenols is 1. The Morgan fingerprint density at radius 3 is 3.00 bits per heavy atom. The van der Waals surface area contributed by atoms with Crippen molar-refractivity contribution in [1.82, 2.24) is 20.1 Å². The number of amides is 1. The summed E-state index contributed by atoms with van der Waals surface area (Å²) < 4.78 is 2.09. The molecule has 1 aliphatic heterocycles. The molecule has 0 spiro atoms. The number of nitrogens with one attached hydrogen (secondary N) is 1. The zero-order valence-corrected chi connectivity index (χ0v) is 11.7. The molecule has 0 unspecified atom stereocenters. The minimum Gasteiger partial charge on any atom is -0.508 e. The Morgan fingerprint density at radius 1 is 1.29 bits per heavy atom. The molecule has 0 atom stereocenters. The number of aromatic nitrogens is 3. The molecule has 0 saturated carbocycles. The Kier molecular flexibility index (Phi) is 3.85. The Balaban J connectivity index is 1.59. The van der Waals surface area contributed by atoms with E-state index in [4.69, 9.17) is 0 Å². The predicted molar refractivity (Wildman–Crippen MR) is 76.6 cm³/mol. The van der Waals surface area contributed by atoms with Crippen LogP contribution < -0.4 is 5.32 Å². The van der Waals surface area contributed by atoms with Crippen LogP contribution in [0.4, 0.5) is 0 Å². The van der Waals surface area contributed by atoms with Gasteiger partial charge < -0.3 is 15.0 Å². The quantitative estimate of drug-likeness (QED) is 0.884. The molecule has 0 saturated heterocycles. The van der Waals surface area contributed by atoms with E-state index in [0.29, 0.717) is 12.1 Å². The van der Waals surface area contributed by atoms with Crippen LogP contribution in [0, 0.1) is 0 Å². The standard InChI is InChI=1S/C15H18N4O2/c20-12-6-2-1-5-11(12)9-15(21)16-10-14-18-17-13-7-3-4-8-19(13)14/h1-2,5-6,20H,3-4,7-10H2,(H,16,21). The van der Waals surface area contributed by atoms with Crippen molar-refractivity contribution >= 4 is 5.91 Å². The highest BCUT2D eigenvalue weighted by molar-refractivity contribution is 5.79. The van der Waals surface area contributed by atoms with Gasteiger partial charge in [0.05, 0.1) is 13.0 Å². The molecule has 3 rings (SSSR count). The lowest BCUT2D eigenvalue weighted by molar-refractivity contribution is -0.120. The summed E-state index contributed by atoms with van der Waals surface area (Å²) in [5.41, 5.74) is 0.623. The molecule has 6 nitrogen and oxygen atoms in total. The molecule has 21 heavy (non-hydrogen) atoms. The summed E-state index contributed by atoms with van der Waals surface area (Å²) in [5, 5.41) is 20.8. The molecule has 0 radical (unpaired) electrons. The summed E-state index contributed by atoms with van der Waals surface area (Å²) in [5.74, 6) is 1.82. The maximum absolute atomic E-state index is 11.9. The van der Waals surface area contributed by atoms with Crippen LogP contribution in [0.1, 0.15) is 30.1 Å². The summed E-state index contributed by atoms with van der Waals surface area (Å²) in [6.45, 7) is 1.30. The first-order valence-corrected chi connectivity index (χ1v) is 7.18. The number of fused-ring (bicyclic) bond motifs is 1. The van der Waals surface area contributed by atoms with E-state index >= 15 is 0 Å². The van der Waals surface area contributed by atoms with Gasteiger partial charge in [0, 0.05) is 18.5 Å². The van der Waals surface area contributed by atoms with E-state index in [0.717, 1.165) is 37.5 Å². The molecule has 2 heterocycles. The number of carbonyl (C=O) groups excluding carboxylic acids is 1. The Bertz CT molecular complexity index is 651. The summed E-state index contributed by atoms with van der Waals surface area (Å²) >= 11 is 0. The van der Waals surface area contributed by atoms with E-state index in [1.807, 2.05) is 0 Å². The van der Waals surface area contributed by atoms with E-state index in [9.17, 15) is 9.90 Å². The Hall–Kier alpha value is -2.37. The van der Waals surface area contributed by atoms with Gasteiger partial charge in [0.2, 0.25) is 5.91 Å². The van der Waals surface area contributed by atoms with Crippen molar-refractivity contribution in [3.05, 3.63) is 41.5 Å². The van der Waals surface area contributed by atoms with Gasteiger partial charge in [-0.15, -0.1) is 10.2 Å². The molecular formula is C15H18N4O2. The lowest BCUT2D eigenvalue weighted by Gasteiger charge is -2.14. The van der Waals surface area contributed by atoms with E-state index < -0.39 is 0 Å². The molecule has 1 aromatic carbocycles. The lowest BCUT2D eigenvalue weighted by Crippen LogP contribution is -2.27. The second kappa shape index (κ2) is 5.95. The summed E-state index contributed by atoms with van der Waals surface area (Å²) in [6.07, 6.45) is 3.40. The summed E-state index contributed by atoms with van der Waals surface area (Å²) in [7, 11) is 0.